The molecule has 2 aliphatic heterocycles. The Morgan fingerprint density at radius 2 is 1.40 bits per heavy atom. The third-order valence-corrected chi connectivity index (χ3v) is 8.29. The number of alkyl halides is 6. The van der Waals surface area contributed by atoms with Gasteiger partial charge in [-0.15, -0.1) is 0 Å². The predicted octanol–water partition coefficient (Wildman–Crippen LogP) is 6.78. The van der Waals surface area contributed by atoms with Crippen molar-refractivity contribution in [3.63, 3.8) is 0 Å². The van der Waals surface area contributed by atoms with E-state index in [1.807, 2.05) is 11.8 Å². The Morgan fingerprint density at radius 1 is 0.925 bits per heavy atom. The molecule has 4 rings (SSSR count). The van der Waals surface area contributed by atoms with Crippen LogP contribution in [0.5, 0.6) is 0 Å². The molecule has 3 atom stereocenters. The minimum atomic E-state index is -4.39. The molecule has 0 saturated carbocycles. The third-order valence-electron chi connectivity index (χ3n) is 5.29. The summed E-state index contributed by atoms with van der Waals surface area (Å²) in [7, 11) is -0.266. The van der Waals surface area contributed by atoms with Crippen LogP contribution in [0.4, 0.5) is 26.3 Å². The molecule has 3 unspecified atom stereocenters. The molecule has 218 valence electrons. The Bertz CT molecular complexity index is 1160. The van der Waals surface area contributed by atoms with Gasteiger partial charge in [0.15, 0.2) is 6.19 Å². The van der Waals surface area contributed by atoms with Crippen LogP contribution in [-0.2, 0) is 23.0 Å². The highest BCUT2D eigenvalue weighted by Gasteiger charge is 2.33. The van der Waals surface area contributed by atoms with Crippen molar-refractivity contribution in [3.05, 3.63) is 59.2 Å². The Balaban J connectivity index is 0.000000629. The molecular weight excluding hydrogens is 576 g/mol. The van der Waals surface area contributed by atoms with E-state index >= 15 is 0 Å². The Morgan fingerprint density at radius 3 is 1.75 bits per heavy atom. The monoisotopic (exact) mass is 605 g/mol. The summed E-state index contributed by atoms with van der Waals surface area (Å²) in [6.07, 6.45) is -1.16. The van der Waals surface area contributed by atoms with Crippen molar-refractivity contribution >= 4 is 22.5 Å². The summed E-state index contributed by atoms with van der Waals surface area (Å²) in [4.78, 5) is 6.91. The number of halogens is 6. The van der Waals surface area contributed by atoms with Gasteiger partial charge in [0, 0.05) is 36.6 Å². The van der Waals surface area contributed by atoms with E-state index in [0.717, 1.165) is 59.1 Å². The zero-order valence-corrected chi connectivity index (χ0v) is 22.3. The summed E-state index contributed by atoms with van der Waals surface area (Å²) >= 11 is 1.84. The first-order valence-corrected chi connectivity index (χ1v) is 13.9. The molecule has 2 aromatic heterocycles. The Kier molecular flexibility index (Phi) is 16.6. The van der Waals surface area contributed by atoms with Crippen LogP contribution in [0.2, 0.25) is 0 Å². The van der Waals surface area contributed by atoms with Crippen LogP contribution < -0.4 is 5.73 Å². The van der Waals surface area contributed by atoms with Crippen molar-refractivity contribution in [1.82, 2.24) is 9.97 Å². The first-order chi connectivity index (χ1) is 18.4. The molecule has 2 fully saturated rings. The van der Waals surface area contributed by atoms with Crippen molar-refractivity contribution in [2.45, 2.75) is 51.4 Å². The lowest BCUT2D eigenvalue weighted by Crippen LogP contribution is -2.08. The van der Waals surface area contributed by atoms with Gasteiger partial charge in [-0.25, -0.2) is 0 Å². The van der Waals surface area contributed by atoms with Gasteiger partial charge in [-0.05, 0) is 53.7 Å². The molecular formula is C25H29F6N7S2. The number of nitrogens with zero attached hydrogens (tertiary/aromatic N) is 6. The molecule has 0 bridgehead atoms. The van der Waals surface area contributed by atoms with Crippen molar-refractivity contribution in [2.24, 2.45) is 10.1 Å². The average Bonchev–Trinajstić information content (AvgIpc) is 3.58. The van der Waals surface area contributed by atoms with Gasteiger partial charge in [0.1, 0.15) is 11.4 Å². The molecule has 4 heterocycles. The molecule has 2 aliphatic rings. The summed E-state index contributed by atoms with van der Waals surface area (Å²) in [6, 6.07) is 6.84. The van der Waals surface area contributed by atoms with Crippen molar-refractivity contribution in [1.29, 1.82) is 15.8 Å². The van der Waals surface area contributed by atoms with Gasteiger partial charge < -0.3 is 5.73 Å². The molecule has 0 radical (unpaired) electrons. The van der Waals surface area contributed by atoms with Crippen LogP contribution in [0, 0.1) is 34.2 Å². The van der Waals surface area contributed by atoms with Crippen LogP contribution in [0.25, 0.3) is 0 Å². The van der Waals surface area contributed by atoms with Gasteiger partial charge in [0.2, 0.25) is 6.19 Å². The maximum Gasteiger partial charge on any atom is 0.433 e. The van der Waals surface area contributed by atoms with Gasteiger partial charge in [0.05, 0.1) is 6.07 Å². The topological polar surface area (TPSA) is 136 Å². The zero-order chi connectivity index (χ0) is 29.5. The molecule has 0 aromatic carbocycles. The molecule has 2 aromatic rings. The second-order valence-electron chi connectivity index (χ2n) is 7.87. The summed E-state index contributed by atoms with van der Waals surface area (Å²) in [5.74, 6) is 4.20. The quantitative estimate of drug-likeness (QED) is 0.226. The van der Waals surface area contributed by atoms with Crippen LogP contribution in [0.15, 0.2) is 41.0 Å². The van der Waals surface area contributed by atoms with E-state index in [9.17, 15) is 26.3 Å². The largest absolute Gasteiger partial charge is 0.433 e. The van der Waals surface area contributed by atoms with Crippen molar-refractivity contribution in [3.8, 4) is 18.5 Å². The Hall–Kier alpha value is -3.35. The highest BCUT2D eigenvalue weighted by molar-refractivity contribution is 7.99. The summed E-state index contributed by atoms with van der Waals surface area (Å²) in [6.45, 7) is 1.43. The van der Waals surface area contributed by atoms with E-state index in [2.05, 4.69) is 20.1 Å². The van der Waals surface area contributed by atoms with E-state index in [4.69, 9.17) is 15.8 Å². The molecule has 0 aliphatic carbocycles. The number of nitrogens with two attached hydrogens (primary N) is 1. The summed E-state index contributed by atoms with van der Waals surface area (Å²) in [5, 5.41) is 22.9. The third kappa shape index (κ3) is 12.7. The lowest BCUT2D eigenvalue weighted by atomic mass is 10.0. The van der Waals surface area contributed by atoms with Crippen LogP contribution in [-0.4, -0.2) is 33.0 Å². The normalized spacial score (nSPS) is 19.4. The fourth-order valence-electron chi connectivity index (χ4n) is 3.51. The molecule has 40 heavy (non-hydrogen) atoms. The van der Waals surface area contributed by atoms with Gasteiger partial charge in [-0.1, -0.05) is 30.3 Å². The molecule has 7 nitrogen and oxygen atoms in total. The number of hydrogen-bond donors (Lipinski definition) is 1. The second-order valence-corrected chi connectivity index (χ2v) is 10.9. The molecule has 15 heteroatoms. The molecule has 2 N–H and O–H groups in total. The SMILES string of the molecule is C.CC#N.FC(F)(F)c1ccc(C2CCSC2)cn1.N#CN.N#CN=S1CCC(c2ccc(C(F)(F)F)nc2)C1. The lowest BCUT2D eigenvalue weighted by molar-refractivity contribution is -0.142. The smallest absolute Gasteiger partial charge is 0.337 e. The Labute approximate surface area is 236 Å². The van der Waals surface area contributed by atoms with Gasteiger partial charge in [-0.3, -0.25) is 9.97 Å². The first-order valence-electron chi connectivity index (χ1n) is 11.2. The van der Waals surface area contributed by atoms with E-state index in [1.165, 1.54) is 31.6 Å². The van der Waals surface area contributed by atoms with Crippen LogP contribution >= 0.6 is 11.8 Å². The minimum absolute atomic E-state index is 0. The zero-order valence-electron chi connectivity index (χ0n) is 20.7. The number of rotatable bonds is 2. The van der Waals surface area contributed by atoms with Gasteiger partial charge >= 0.3 is 12.4 Å². The number of pyridine rings is 2. The maximum atomic E-state index is 12.3. The highest BCUT2D eigenvalue weighted by atomic mass is 32.2. The van der Waals surface area contributed by atoms with E-state index in [1.54, 1.807) is 18.3 Å². The second kappa shape index (κ2) is 18.1. The van der Waals surface area contributed by atoms with Crippen molar-refractivity contribution < 1.29 is 26.3 Å². The van der Waals surface area contributed by atoms with E-state index in [0.29, 0.717) is 5.92 Å². The number of aromatic nitrogens is 2. The molecule has 0 amide bonds. The van der Waals surface area contributed by atoms with Crippen LogP contribution in [0.3, 0.4) is 0 Å². The van der Waals surface area contributed by atoms with E-state index < -0.39 is 23.7 Å². The predicted molar refractivity (Wildman–Crippen MR) is 143 cm³/mol. The number of hydrogen-bond acceptors (Lipinski definition) is 8. The lowest BCUT2D eigenvalue weighted by Gasteiger charge is -2.10. The molecule has 0 spiro atoms. The number of thioether (sulfide) groups is 1. The van der Waals surface area contributed by atoms with Gasteiger partial charge in [-0.2, -0.15) is 58.3 Å². The molecule has 2 saturated heterocycles. The maximum absolute atomic E-state index is 12.3. The van der Waals surface area contributed by atoms with Gasteiger partial charge in [0.25, 0.3) is 0 Å². The van der Waals surface area contributed by atoms with E-state index in [-0.39, 0.29) is 24.0 Å². The highest BCUT2D eigenvalue weighted by Crippen LogP contribution is 2.34. The fraction of sp³-hybridized carbons (Fsp3) is 0.480. The number of nitriles is 3. The van der Waals surface area contributed by atoms with Crippen LogP contribution in [0.1, 0.15) is 61.5 Å². The summed E-state index contributed by atoms with van der Waals surface area (Å²) < 4.78 is 77.5. The summed E-state index contributed by atoms with van der Waals surface area (Å²) in [5.41, 5.74) is 4.20. The minimum Gasteiger partial charge on any atom is -0.337 e. The average molecular weight is 606 g/mol. The van der Waals surface area contributed by atoms with Crippen molar-refractivity contribution in [2.75, 3.05) is 23.0 Å². The first kappa shape index (κ1) is 36.6. The standard InChI is InChI=1S/C11H10F3N3S.C10H10F3NS.C2H3N.CH2N2.CH4/c12-11(13,14)10-2-1-8(5-16-10)9-3-4-18(6-9)17-7-15;11-10(12,13)9-2-1-7(5-14-9)8-3-4-15-6-8;1-2-3;2-1-3;/h1-2,5,9H,3-4,6H2;1-2,5,8H,3-4,6H2;1H3;2H2;1H4. The fourth-order valence-corrected chi connectivity index (χ4v) is 6.60.